The summed E-state index contributed by atoms with van der Waals surface area (Å²) >= 11 is 5.97. The van der Waals surface area contributed by atoms with Gasteiger partial charge >= 0.3 is 0 Å². The van der Waals surface area contributed by atoms with Crippen LogP contribution < -0.4 is 5.32 Å². The number of sulfonamides is 1. The van der Waals surface area contributed by atoms with E-state index in [1.54, 1.807) is 0 Å². The molecule has 0 bridgehead atoms. The number of nitrogens with one attached hydrogen (secondary N) is 1. The summed E-state index contributed by atoms with van der Waals surface area (Å²) in [7, 11) is -7.30. The van der Waals surface area contributed by atoms with E-state index in [2.05, 4.69) is 5.32 Å². The second-order valence-corrected chi connectivity index (χ2v) is 9.20. The van der Waals surface area contributed by atoms with Gasteiger partial charge in [0.1, 0.15) is 4.90 Å². The summed E-state index contributed by atoms with van der Waals surface area (Å²) in [5, 5.41) is 3.14. The Labute approximate surface area is 130 Å². The number of sulfone groups is 1. The minimum Gasteiger partial charge on any atom is -0.315 e. The third-order valence-electron chi connectivity index (χ3n) is 3.25. The Hall–Kier alpha value is -0.670. The summed E-state index contributed by atoms with van der Waals surface area (Å²) in [6, 6.07) is 3.74. The SMILES string of the molecule is CS(=O)(=O)c1ccc(Cl)c(S(=O)(=O)N2CCCNCC2)c1. The van der Waals surface area contributed by atoms with Crippen LogP contribution in [0.1, 0.15) is 6.42 Å². The van der Waals surface area contributed by atoms with Crippen LogP contribution in [-0.2, 0) is 19.9 Å². The van der Waals surface area contributed by atoms with Gasteiger partial charge in [-0.2, -0.15) is 4.31 Å². The molecule has 9 heteroatoms. The van der Waals surface area contributed by atoms with Crippen molar-refractivity contribution in [3.63, 3.8) is 0 Å². The fourth-order valence-corrected chi connectivity index (χ4v) is 4.81. The summed E-state index contributed by atoms with van der Waals surface area (Å²) in [5.74, 6) is 0. The molecular weight excluding hydrogens is 336 g/mol. The van der Waals surface area contributed by atoms with E-state index in [1.165, 1.54) is 16.4 Å². The van der Waals surface area contributed by atoms with Gasteiger partial charge in [-0.1, -0.05) is 11.6 Å². The smallest absolute Gasteiger partial charge is 0.244 e. The molecule has 2 rings (SSSR count). The van der Waals surface area contributed by atoms with E-state index < -0.39 is 19.9 Å². The Kier molecular flexibility index (Phi) is 4.94. The molecule has 1 aliphatic rings. The van der Waals surface area contributed by atoms with Crippen molar-refractivity contribution in [1.29, 1.82) is 0 Å². The van der Waals surface area contributed by atoms with Crippen molar-refractivity contribution >= 4 is 31.5 Å². The molecule has 0 aliphatic carbocycles. The average molecular weight is 353 g/mol. The van der Waals surface area contributed by atoms with Crippen LogP contribution >= 0.6 is 11.6 Å². The van der Waals surface area contributed by atoms with Gasteiger partial charge in [0.05, 0.1) is 9.92 Å². The molecule has 21 heavy (non-hydrogen) atoms. The molecule has 1 fully saturated rings. The highest BCUT2D eigenvalue weighted by atomic mass is 35.5. The molecule has 1 saturated heterocycles. The van der Waals surface area contributed by atoms with Crippen molar-refractivity contribution in [2.75, 3.05) is 32.4 Å². The normalized spacial score (nSPS) is 18.4. The van der Waals surface area contributed by atoms with Gasteiger partial charge in [0.25, 0.3) is 0 Å². The van der Waals surface area contributed by atoms with E-state index in [1.807, 2.05) is 0 Å². The number of hydrogen-bond donors (Lipinski definition) is 1. The van der Waals surface area contributed by atoms with E-state index in [0.29, 0.717) is 26.1 Å². The first-order valence-electron chi connectivity index (χ1n) is 6.43. The van der Waals surface area contributed by atoms with Crippen LogP contribution in [-0.4, -0.2) is 53.6 Å². The maximum Gasteiger partial charge on any atom is 0.244 e. The Bertz CT molecular complexity index is 724. The molecular formula is C12H17ClN2O4S2. The van der Waals surface area contributed by atoms with Crippen molar-refractivity contribution in [2.45, 2.75) is 16.2 Å². The summed E-state index contributed by atoms with van der Waals surface area (Å²) in [6.45, 7) is 2.03. The van der Waals surface area contributed by atoms with Gasteiger partial charge in [-0.15, -0.1) is 0 Å². The third-order valence-corrected chi connectivity index (χ3v) is 6.74. The van der Waals surface area contributed by atoms with Gasteiger partial charge in [0.2, 0.25) is 10.0 Å². The monoisotopic (exact) mass is 352 g/mol. The molecule has 1 heterocycles. The summed E-state index contributed by atoms with van der Waals surface area (Å²) < 4.78 is 49.8. The predicted octanol–water partition coefficient (Wildman–Crippen LogP) is 0.728. The first kappa shape index (κ1) is 16.7. The number of rotatable bonds is 3. The van der Waals surface area contributed by atoms with Crippen LogP contribution in [0.4, 0.5) is 0 Å². The molecule has 0 aromatic heterocycles. The Balaban J connectivity index is 2.48. The number of nitrogens with zero attached hydrogens (tertiary/aromatic N) is 1. The van der Waals surface area contributed by atoms with Gasteiger partial charge in [-0.25, -0.2) is 16.8 Å². The maximum atomic E-state index is 12.7. The first-order valence-corrected chi connectivity index (χ1v) is 10.1. The Morgan fingerprint density at radius 2 is 1.86 bits per heavy atom. The Morgan fingerprint density at radius 3 is 2.52 bits per heavy atom. The zero-order chi connectivity index (χ0) is 15.7. The highest BCUT2D eigenvalue weighted by Crippen LogP contribution is 2.27. The minimum atomic E-state index is -3.80. The standard InChI is InChI=1S/C12H17ClN2O4S2/c1-20(16,17)10-3-4-11(13)12(9-10)21(18,19)15-7-2-5-14-6-8-15/h3-4,9,14H,2,5-8H2,1H3. The average Bonchev–Trinajstić information content (AvgIpc) is 2.66. The van der Waals surface area contributed by atoms with Crippen LogP contribution in [0, 0.1) is 0 Å². The van der Waals surface area contributed by atoms with E-state index in [-0.39, 0.29) is 14.8 Å². The molecule has 0 amide bonds. The lowest BCUT2D eigenvalue weighted by Crippen LogP contribution is -2.34. The predicted molar refractivity (Wildman–Crippen MR) is 80.8 cm³/mol. The summed E-state index contributed by atoms with van der Waals surface area (Å²) in [5.41, 5.74) is 0. The van der Waals surface area contributed by atoms with E-state index in [0.717, 1.165) is 18.9 Å². The van der Waals surface area contributed by atoms with Gasteiger partial charge < -0.3 is 5.32 Å². The molecule has 6 nitrogen and oxygen atoms in total. The van der Waals surface area contributed by atoms with Gasteiger partial charge in [0.15, 0.2) is 9.84 Å². The lowest BCUT2D eigenvalue weighted by Gasteiger charge is -2.20. The van der Waals surface area contributed by atoms with Crippen molar-refractivity contribution < 1.29 is 16.8 Å². The maximum absolute atomic E-state index is 12.7. The topological polar surface area (TPSA) is 83.5 Å². The molecule has 0 unspecified atom stereocenters. The molecule has 0 radical (unpaired) electrons. The van der Waals surface area contributed by atoms with Gasteiger partial charge in [0, 0.05) is 25.9 Å². The third kappa shape index (κ3) is 3.75. The number of hydrogen-bond acceptors (Lipinski definition) is 5. The molecule has 1 aromatic carbocycles. The van der Waals surface area contributed by atoms with Crippen molar-refractivity contribution in [3.05, 3.63) is 23.2 Å². The highest BCUT2D eigenvalue weighted by molar-refractivity contribution is 7.91. The number of halogens is 1. The molecule has 0 spiro atoms. The minimum absolute atomic E-state index is 0.0274. The molecule has 118 valence electrons. The Morgan fingerprint density at radius 1 is 1.14 bits per heavy atom. The van der Waals surface area contributed by atoms with Crippen LogP contribution in [0.3, 0.4) is 0 Å². The van der Waals surface area contributed by atoms with Crippen molar-refractivity contribution in [3.8, 4) is 0 Å². The first-order chi connectivity index (χ1) is 9.73. The fourth-order valence-electron chi connectivity index (χ4n) is 2.11. The van der Waals surface area contributed by atoms with E-state index >= 15 is 0 Å². The van der Waals surface area contributed by atoms with E-state index in [9.17, 15) is 16.8 Å². The summed E-state index contributed by atoms with van der Waals surface area (Å²) in [4.78, 5) is -0.215. The van der Waals surface area contributed by atoms with Crippen LogP contribution in [0.15, 0.2) is 28.0 Å². The zero-order valence-electron chi connectivity index (χ0n) is 11.5. The van der Waals surface area contributed by atoms with Crippen molar-refractivity contribution in [1.82, 2.24) is 9.62 Å². The molecule has 0 saturated carbocycles. The second kappa shape index (κ2) is 6.21. The van der Waals surface area contributed by atoms with Crippen molar-refractivity contribution in [2.24, 2.45) is 0 Å². The zero-order valence-corrected chi connectivity index (χ0v) is 13.9. The molecule has 1 aromatic rings. The van der Waals surface area contributed by atoms with E-state index in [4.69, 9.17) is 11.6 Å². The molecule has 0 atom stereocenters. The second-order valence-electron chi connectivity index (χ2n) is 4.87. The largest absolute Gasteiger partial charge is 0.315 e. The quantitative estimate of drug-likeness (QED) is 0.867. The van der Waals surface area contributed by atoms with Gasteiger partial charge in [-0.05, 0) is 31.2 Å². The van der Waals surface area contributed by atoms with Crippen LogP contribution in [0.25, 0.3) is 0 Å². The lowest BCUT2D eigenvalue weighted by atomic mass is 10.4. The molecule has 1 N–H and O–H groups in total. The van der Waals surface area contributed by atoms with Crippen LogP contribution in [0.2, 0.25) is 5.02 Å². The lowest BCUT2D eigenvalue weighted by molar-refractivity contribution is 0.432. The highest BCUT2D eigenvalue weighted by Gasteiger charge is 2.28. The number of benzene rings is 1. The fraction of sp³-hybridized carbons (Fsp3) is 0.500. The molecule has 1 aliphatic heterocycles. The van der Waals surface area contributed by atoms with Gasteiger partial charge in [-0.3, -0.25) is 0 Å². The van der Waals surface area contributed by atoms with Crippen LogP contribution in [0.5, 0.6) is 0 Å². The summed E-state index contributed by atoms with van der Waals surface area (Å²) in [6.07, 6.45) is 1.73.